The topological polar surface area (TPSA) is 67.1 Å². The zero-order chi connectivity index (χ0) is 20.4. The Bertz CT molecular complexity index is 728. The molecule has 6 nitrogen and oxygen atoms in total. The number of benzene rings is 1. The van der Waals surface area contributed by atoms with Gasteiger partial charge in [-0.25, -0.2) is 0 Å². The number of aryl methyl sites for hydroxylation is 1. The van der Waals surface area contributed by atoms with Crippen LogP contribution < -0.4 is 10.6 Å². The number of rotatable bonds is 9. The van der Waals surface area contributed by atoms with Crippen molar-refractivity contribution in [3.63, 3.8) is 0 Å². The van der Waals surface area contributed by atoms with E-state index < -0.39 is 11.7 Å². The summed E-state index contributed by atoms with van der Waals surface area (Å²) in [6.45, 7) is 4.20. The second-order valence-electron chi connectivity index (χ2n) is 6.65. The second-order valence-corrected chi connectivity index (χ2v) is 6.65. The zero-order valence-corrected chi connectivity index (χ0v) is 16.2. The van der Waals surface area contributed by atoms with Gasteiger partial charge in [-0.1, -0.05) is 25.1 Å². The van der Waals surface area contributed by atoms with Gasteiger partial charge < -0.3 is 15.2 Å². The molecule has 1 atom stereocenters. The molecule has 9 heteroatoms. The Balaban J connectivity index is 1.67. The Labute approximate surface area is 163 Å². The lowest BCUT2D eigenvalue weighted by Crippen LogP contribution is -2.38. The summed E-state index contributed by atoms with van der Waals surface area (Å²) in [4.78, 5) is 4.17. The third-order valence-corrected chi connectivity index (χ3v) is 4.48. The maximum Gasteiger partial charge on any atom is 0.416 e. The molecular formula is C19H27F3N6. The molecule has 0 amide bonds. The Morgan fingerprint density at radius 2 is 1.86 bits per heavy atom. The van der Waals surface area contributed by atoms with Crippen molar-refractivity contribution in [2.45, 2.75) is 44.8 Å². The van der Waals surface area contributed by atoms with Gasteiger partial charge in [-0.3, -0.25) is 4.99 Å². The number of halogens is 3. The summed E-state index contributed by atoms with van der Waals surface area (Å²) in [5, 5.41) is 14.0. The maximum absolute atomic E-state index is 12.8. The number of aliphatic imine (C=N–C) groups is 1. The van der Waals surface area contributed by atoms with Crippen LogP contribution in [0.1, 0.15) is 43.2 Å². The molecule has 0 aliphatic carbocycles. The zero-order valence-electron chi connectivity index (χ0n) is 16.2. The third kappa shape index (κ3) is 7.21. The number of hydrogen-bond donors (Lipinski definition) is 2. The van der Waals surface area contributed by atoms with Crippen molar-refractivity contribution < 1.29 is 13.2 Å². The van der Waals surface area contributed by atoms with Gasteiger partial charge in [0.05, 0.1) is 5.56 Å². The predicted molar refractivity (Wildman–Crippen MR) is 103 cm³/mol. The van der Waals surface area contributed by atoms with Crippen LogP contribution in [-0.2, 0) is 12.7 Å². The van der Waals surface area contributed by atoms with Crippen molar-refractivity contribution in [3.05, 3.63) is 48.0 Å². The van der Waals surface area contributed by atoms with Gasteiger partial charge in [0.15, 0.2) is 5.96 Å². The summed E-state index contributed by atoms with van der Waals surface area (Å²) in [5.41, 5.74) is 0.0855. The molecular weight excluding hydrogens is 369 g/mol. The number of nitrogens with zero attached hydrogens (tertiary/aromatic N) is 4. The molecule has 0 spiro atoms. The van der Waals surface area contributed by atoms with E-state index in [0.29, 0.717) is 24.5 Å². The first-order chi connectivity index (χ1) is 13.4. The standard InChI is InChI=1S/C19H27F3N6/c1-15(16-6-5-7-17(12-16)19(20,21)22)8-10-25-18(23-2)24-9-3-4-11-28-13-26-27-14-28/h5-7,12-15H,3-4,8-11H2,1-2H3,(H2,23,24,25). The van der Waals surface area contributed by atoms with Crippen molar-refractivity contribution in [2.75, 3.05) is 20.1 Å². The summed E-state index contributed by atoms with van der Waals surface area (Å²) in [6.07, 6.45) is 1.75. The van der Waals surface area contributed by atoms with Crippen molar-refractivity contribution in [1.82, 2.24) is 25.4 Å². The Kier molecular flexibility index (Phi) is 8.28. The normalized spacial score (nSPS) is 13.4. The van der Waals surface area contributed by atoms with Crippen LogP contribution in [0.4, 0.5) is 13.2 Å². The van der Waals surface area contributed by atoms with Crippen molar-refractivity contribution >= 4 is 5.96 Å². The number of aromatic nitrogens is 3. The highest BCUT2D eigenvalue weighted by molar-refractivity contribution is 5.79. The van der Waals surface area contributed by atoms with E-state index in [2.05, 4.69) is 25.8 Å². The minimum absolute atomic E-state index is 0.0108. The number of unbranched alkanes of at least 4 members (excludes halogenated alkanes) is 1. The SMILES string of the molecule is CN=C(NCCCCn1cnnc1)NCCC(C)c1cccc(C(F)(F)F)c1. The minimum atomic E-state index is -4.31. The molecule has 1 aromatic heterocycles. The lowest BCUT2D eigenvalue weighted by molar-refractivity contribution is -0.137. The molecule has 2 rings (SSSR count). The van der Waals surface area contributed by atoms with Crippen LogP contribution in [0.25, 0.3) is 0 Å². The molecule has 28 heavy (non-hydrogen) atoms. The molecule has 0 aliphatic rings. The Morgan fingerprint density at radius 1 is 1.14 bits per heavy atom. The molecule has 0 saturated carbocycles. The predicted octanol–water partition coefficient (Wildman–Crippen LogP) is 3.44. The number of alkyl halides is 3. The van der Waals surface area contributed by atoms with Gasteiger partial charge in [0, 0.05) is 26.7 Å². The molecule has 0 bridgehead atoms. The largest absolute Gasteiger partial charge is 0.416 e. The molecule has 0 aliphatic heterocycles. The van der Waals surface area contributed by atoms with Crippen molar-refractivity contribution in [3.8, 4) is 0 Å². The molecule has 154 valence electrons. The second kappa shape index (κ2) is 10.7. The fourth-order valence-corrected chi connectivity index (χ4v) is 2.78. The lowest BCUT2D eigenvalue weighted by atomic mass is 9.96. The molecule has 2 aromatic rings. The fraction of sp³-hybridized carbons (Fsp3) is 0.526. The molecule has 1 unspecified atom stereocenters. The molecule has 0 fully saturated rings. The Hall–Kier alpha value is -2.58. The molecule has 2 N–H and O–H groups in total. The van der Waals surface area contributed by atoms with Gasteiger partial charge in [-0.2, -0.15) is 13.2 Å². The fourth-order valence-electron chi connectivity index (χ4n) is 2.78. The van der Waals surface area contributed by atoms with E-state index in [1.807, 2.05) is 11.5 Å². The van der Waals surface area contributed by atoms with E-state index in [9.17, 15) is 13.2 Å². The average Bonchev–Trinajstić information content (AvgIpc) is 3.19. The third-order valence-electron chi connectivity index (χ3n) is 4.48. The van der Waals surface area contributed by atoms with Crippen LogP contribution in [-0.4, -0.2) is 40.9 Å². The average molecular weight is 396 g/mol. The number of guanidine groups is 1. The summed E-state index contributed by atoms with van der Waals surface area (Å²) in [5.74, 6) is 0.706. The first-order valence-electron chi connectivity index (χ1n) is 9.34. The maximum atomic E-state index is 12.8. The highest BCUT2D eigenvalue weighted by Gasteiger charge is 2.30. The lowest BCUT2D eigenvalue weighted by Gasteiger charge is -2.16. The highest BCUT2D eigenvalue weighted by Crippen LogP contribution is 2.31. The molecule has 1 aromatic carbocycles. The van der Waals surface area contributed by atoms with E-state index in [1.54, 1.807) is 25.8 Å². The first kappa shape index (κ1) is 21.7. The Morgan fingerprint density at radius 3 is 2.54 bits per heavy atom. The van der Waals surface area contributed by atoms with E-state index >= 15 is 0 Å². The van der Waals surface area contributed by atoms with Crippen molar-refractivity contribution in [1.29, 1.82) is 0 Å². The van der Waals surface area contributed by atoms with Crippen LogP contribution in [0.15, 0.2) is 41.9 Å². The van der Waals surface area contributed by atoms with E-state index in [-0.39, 0.29) is 5.92 Å². The first-order valence-corrected chi connectivity index (χ1v) is 9.34. The highest BCUT2D eigenvalue weighted by atomic mass is 19.4. The van der Waals surface area contributed by atoms with Crippen LogP contribution in [0.2, 0.25) is 0 Å². The van der Waals surface area contributed by atoms with Crippen LogP contribution >= 0.6 is 0 Å². The van der Waals surface area contributed by atoms with Crippen molar-refractivity contribution in [2.24, 2.45) is 4.99 Å². The number of hydrogen-bond acceptors (Lipinski definition) is 3. The van der Waals surface area contributed by atoms with Crippen LogP contribution in [0.3, 0.4) is 0 Å². The van der Waals surface area contributed by atoms with Crippen LogP contribution in [0, 0.1) is 0 Å². The summed E-state index contributed by atoms with van der Waals surface area (Å²) in [6, 6.07) is 5.53. The van der Waals surface area contributed by atoms with E-state index in [4.69, 9.17) is 0 Å². The summed E-state index contributed by atoms with van der Waals surface area (Å²) in [7, 11) is 1.70. The number of nitrogens with one attached hydrogen (secondary N) is 2. The quantitative estimate of drug-likeness (QED) is 0.387. The minimum Gasteiger partial charge on any atom is -0.356 e. The summed E-state index contributed by atoms with van der Waals surface area (Å²) >= 11 is 0. The smallest absolute Gasteiger partial charge is 0.356 e. The molecule has 0 saturated heterocycles. The summed E-state index contributed by atoms with van der Waals surface area (Å²) < 4.78 is 40.5. The van der Waals surface area contributed by atoms with Gasteiger partial charge in [0.2, 0.25) is 0 Å². The van der Waals surface area contributed by atoms with Gasteiger partial charge in [-0.05, 0) is 36.8 Å². The van der Waals surface area contributed by atoms with Gasteiger partial charge in [-0.15, -0.1) is 10.2 Å². The van der Waals surface area contributed by atoms with Gasteiger partial charge in [0.25, 0.3) is 0 Å². The van der Waals surface area contributed by atoms with E-state index in [1.165, 1.54) is 12.1 Å². The van der Waals surface area contributed by atoms with E-state index in [0.717, 1.165) is 32.0 Å². The van der Waals surface area contributed by atoms with Gasteiger partial charge in [0.1, 0.15) is 12.7 Å². The molecule has 0 radical (unpaired) electrons. The van der Waals surface area contributed by atoms with Gasteiger partial charge >= 0.3 is 6.18 Å². The monoisotopic (exact) mass is 396 g/mol. The molecule has 1 heterocycles. The van der Waals surface area contributed by atoms with Crippen LogP contribution in [0.5, 0.6) is 0 Å².